The third kappa shape index (κ3) is 29.0. The van der Waals surface area contributed by atoms with Gasteiger partial charge >= 0.3 is 11.6 Å². The van der Waals surface area contributed by atoms with Gasteiger partial charge in [0.1, 0.15) is 40.2 Å². The standard InChI is InChI=1S/C20H27N7O2.C15H17ClN6O.C9H13N3O3.C9H15N3O.C6H3Cl2N3.C6H13NO.C5H11NO.C3H2N4O4.CH4O.3CH4.H2/c28-12-15-3-1-9-26(15)20-23-19(17-4-2-10-27(17)24-20)22-18-11-25(13-21-18)14-5-7-16(29)8-6-14;16-15-19-14(12-2-1-7-22(12)20-15)18-13-8-21(9-17-13)10-3-5-11(23)6-4-10;13-8-3-1-7(2-4-8)11-5-9(10-6-11)12(14)15;10-9-5-12(6-11-9)7-1-3-8(13)4-2-7;7-5-4-2-1-3-11(4)10-6(8)9-5;7-5-1-3-6(8)4-2-5;7-4-5-2-1-3-6-5;8-6(9)3-1-5(2-4-3)7(10)11;1-2;;;;/h2,4,10-11,13-16,28-29H,1,3,5-9,12H2,(H,22,23,24);1-2,7-11,23H,3-6H2,(H,18,19,20);5-8,13H,1-4H2;5-8,13H,1-4,10H2;1-3H;5-6,8H,1-4,7H2;5-7H,1-4H2;1-2H;2H,1H3;3*1H4;1H/t14?,15-,16?;;;;;;5-;;;;;;/m0.....0....../s1. The van der Waals surface area contributed by atoms with Crippen LogP contribution in [0, 0.1) is 30.3 Å². The summed E-state index contributed by atoms with van der Waals surface area (Å²) < 4.78 is 13.6. The lowest BCUT2D eigenvalue weighted by atomic mass is 9.93. The van der Waals surface area contributed by atoms with Crippen LogP contribution in [0.3, 0.4) is 0 Å². The fraction of sp³-hybridized carbons (Fsp3) is 0.571. The monoisotopic (exact) mass is 1760 g/mol. The van der Waals surface area contributed by atoms with Crippen molar-refractivity contribution >= 4 is 98.0 Å². The zero-order valence-electron chi connectivity index (χ0n) is 65.8. The van der Waals surface area contributed by atoms with Crippen molar-refractivity contribution in [1.82, 2.24) is 97.0 Å². The van der Waals surface area contributed by atoms with Gasteiger partial charge in [0.2, 0.25) is 22.8 Å². The smallest absolute Gasteiger partial charge is 0.388 e. The van der Waals surface area contributed by atoms with Crippen LogP contribution in [0.2, 0.25) is 15.7 Å². The quantitative estimate of drug-likeness (QED) is 0.0355. The van der Waals surface area contributed by atoms with Gasteiger partial charge in [-0.3, -0.25) is 0 Å². The minimum absolute atomic E-state index is 0. The minimum Gasteiger partial charge on any atom is -0.400 e. The van der Waals surface area contributed by atoms with Crippen LogP contribution in [-0.4, -0.2) is 229 Å². The van der Waals surface area contributed by atoms with Crippen LogP contribution >= 0.6 is 34.8 Å². The normalized spacial score (nSPS) is 22.6. The Bertz CT molecular complexity index is 4860. The molecule has 2 atom stereocenters. The molecule has 5 aliphatic carbocycles. The molecule has 42 nitrogen and oxygen atoms in total. The fourth-order valence-corrected chi connectivity index (χ4v) is 15.4. The molecule has 672 valence electrons. The van der Waals surface area contributed by atoms with Crippen LogP contribution in [0.4, 0.5) is 46.7 Å². The first-order chi connectivity index (χ1) is 57.4. The molecule has 0 spiro atoms. The molecular weight excluding hydrogens is 1650 g/mol. The van der Waals surface area contributed by atoms with Crippen molar-refractivity contribution in [2.24, 2.45) is 5.73 Å². The van der Waals surface area contributed by atoms with Crippen molar-refractivity contribution in [3.05, 3.63) is 164 Å². The first kappa shape index (κ1) is 98.9. The summed E-state index contributed by atoms with van der Waals surface area (Å²) in [6.07, 6.45) is 43.0. The number of halogens is 3. The van der Waals surface area contributed by atoms with E-state index in [1.54, 1.807) is 26.1 Å². The second kappa shape index (κ2) is 49.2. The Hall–Kier alpha value is -10.2. The highest BCUT2D eigenvalue weighted by molar-refractivity contribution is 6.34. The van der Waals surface area contributed by atoms with E-state index in [9.17, 15) is 55.9 Å². The van der Waals surface area contributed by atoms with E-state index in [4.69, 9.17) is 66.6 Å². The van der Waals surface area contributed by atoms with E-state index < -0.39 is 20.7 Å². The number of imidazole rings is 5. The Balaban J connectivity index is 0.000000225. The highest BCUT2D eigenvalue weighted by Gasteiger charge is 2.30. The van der Waals surface area contributed by atoms with Crippen LogP contribution in [0.1, 0.15) is 202 Å². The van der Waals surface area contributed by atoms with Gasteiger partial charge in [-0.25, -0.2) is 43.6 Å². The molecule has 2 saturated heterocycles. The van der Waals surface area contributed by atoms with E-state index in [1.807, 2.05) is 84.6 Å². The molecule has 122 heavy (non-hydrogen) atoms. The van der Waals surface area contributed by atoms with Gasteiger partial charge in [-0.1, -0.05) is 33.9 Å². The summed E-state index contributed by atoms with van der Waals surface area (Å²) in [7, 11) is 1.00. The number of aliphatic hydroxyl groups is 8. The third-order valence-corrected chi connectivity index (χ3v) is 22.0. The van der Waals surface area contributed by atoms with E-state index in [0.717, 1.165) is 203 Å². The van der Waals surface area contributed by atoms with Crippen molar-refractivity contribution in [2.75, 3.05) is 54.7 Å². The average molecular weight is 1770 g/mol. The lowest BCUT2D eigenvalue weighted by Crippen LogP contribution is -2.34. The summed E-state index contributed by atoms with van der Waals surface area (Å²) in [6.45, 7) is 2.35. The number of hydrogen-bond acceptors (Lipinski definition) is 31. The molecule has 11 aromatic heterocycles. The number of nitrogens with zero attached hydrogens (tertiary/aromatic N) is 23. The first-order valence-electron chi connectivity index (χ1n) is 39.7. The fourth-order valence-electron chi connectivity index (χ4n) is 14.8. The maximum atomic E-state index is 10.4. The number of aromatic nitrogens is 19. The molecule has 0 aromatic carbocycles. The number of rotatable bonds is 14. The van der Waals surface area contributed by atoms with Gasteiger partial charge in [0.05, 0.1) is 68.8 Å². The Morgan fingerprint density at radius 2 is 0.902 bits per heavy atom. The SMILES string of the molecule is C.C.C.CO.Clc1nc(Cl)c2cccn2n1.NC1CCC(O)CC1.Nc1cn(C2CCC(O)CC2)cn1.O=[N+]([O-])c1cn(C2CCC(O)CC2)cn1.O=[N+]([O-])c1cn([N+](=O)[O-])cn1.OC1CCC(n2cnc(Nc3nc(Cl)nn4cccc34)c2)CC1.OC[C@@H]1CCCN1.OC[C@@H]1CCCN1c1nc(Nc2cn(C3CCC(O)CC3)cn2)c2cccn2n1.[HH]. The summed E-state index contributed by atoms with van der Waals surface area (Å²) >= 11 is 17.3. The zero-order valence-corrected chi connectivity index (χ0v) is 68.1. The largest absolute Gasteiger partial charge is 0.400 e. The van der Waals surface area contributed by atoms with Gasteiger partial charge in [-0.15, -0.1) is 15.3 Å². The maximum absolute atomic E-state index is 10.4. The number of nitro groups is 3. The van der Waals surface area contributed by atoms with Crippen LogP contribution in [-0.2, 0) is 0 Å². The molecule has 0 amide bonds. The molecule has 13 heterocycles. The lowest BCUT2D eigenvalue weighted by molar-refractivity contribution is -0.542. The summed E-state index contributed by atoms with van der Waals surface area (Å²) in [5.41, 5.74) is 13.6. The Morgan fingerprint density at radius 3 is 1.30 bits per heavy atom. The van der Waals surface area contributed by atoms with Gasteiger partial charge in [0.25, 0.3) is 6.33 Å². The lowest BCUT2D eigenvalue weighted by Gasteiger charge is -2.26. The van der Waals surface area contributed by atoms with Crippen molar-refractivity contribution < 1.29 is 57.2 Å². The molecule has 7 aliphatic rings. The molecule has 0 bridgehead atoms. The molecule has 15 N–H and O–H groups in total. The molecule has 0 unspecified atom stereocenters. The summed E-state index contributed by atoms with van der Waals surface area (Å²) in [4.78, 5) is 63.7. The number of hydrogen-bond donors (Lipinski definition) is 13. The number of aliphatic hydroxyl groups excluding tert-OH is 8. The van der Waals surface area contributed by atoms with Gasteiger partial charge in [0, 0.05) is 88.5 Å². The van der Waals surface area contributed by atoms with Gasteiger partial charge < -0.3 is 112 Å². The second-order valence-electron chi connectivity index (χ2n) is 29.7. The van der Waals surface area contributed by atoms with E-state index in [0.29, 0.717) is 75.9 Å². The summed E-state index contributed by atoms with van der Waals surface area (Å²) in [5, 5.41) is 125. The Morgan fingerprint density at radius 1 is 0.492 bits per heavy atom. The van der Waals surface area contributed by atoms with E-state index >= 15 is 0 Å². The predicted molar refractivity (Wildman–Crippen MR) is 464 cm³/mol. The van der Waals surface area contributed by atoms with Crippen LogP contribution in [0.15, 0.2) is 118 Å². The van der Waals surface area contributed by atoms with E-state index in [-0.39, 0.29) is 89.3 Å². The van der Waals surface area contributed by atoms with Crippen LogP contribution in [0.25, 0.3) is 16.6 Å². The highest BCUT2D eigenvalue weighted by Crippen LogP contribution is 2.35. The van der Waals surface area contributed by atoms with E-state index in [1.165, 1.54) is 18.9 Å². The molecule has 11 aromatic rings. The highest BCUT2D eigenvalue weighted by atomic mass is 35.5. The maximum Gasteiger partial charge on any atom is 0.388 e. The van der Waals surface area contributed by atoms with E-state index in [2.05, 4.69) is 84.7 Å². The molecule has 45 heteroatoms. The number of nitrogens with one attached hydrogen (secondary N) is 3. The van der Waals surface area contributed by atoms with Gasteiger partial charge in [-0.05, 0) is 245 Å². The number of nitrogens with two attached hydrogens (primary N) is 2. The summed E-state index contributed by atoms with van der Waals surface area (Å²) in [6, 6.07) is 13.7. The van der Waals surface area contributed by atoms with Crippen molar-refractivity contribution in [1.29, 1.82) is 0 Å². The summed E-state index contributed by atoms with van der Waals surface area (Å²) in [5.74, 6) is 3.33. The average Bonchev–Trinajstić information content (AvgIpc) is 1.67. The Kier molecular flexibility index (Phi) is 39.9. The Labute approximate surface area is 721 Å². The third-order valence-electron chi connectivity index (χ3n) is 21.4. The predicted octanol–water partition coefficient (Wildman–Crippen LogP) is 10.7. The van der Waals surface area contributed by atoms with Crippen molar-refractivity contribution in [3.63, 3.8) is 0 Å². The van der Waals surface area contributed by atoms with Gasteiger partial charge in [0.15, 0.2) is 28.0 Å². The molecule has 7 fully saturated rings. The number of anilines is 6. The number of fused-ring (bicyclic) bond motifs is 3. The topological polar surface area (TPSA) is 562 Å². The number of nitrogen functional groups attached to an aromatic ring is 1. The molecule has 5 saturated carbocycles. The zero-order chi connectivity index (χ0) is 85.1. The van der Waals surface area contributed by atoms with Crippen molar-refractivity contribution in [2.45, 2.75) is 249 Å². The molecule has 18 rings (SSSR count). The molecule has 0 radical (unpaired) electrons. The molecule has 2 aliphatic heterocycles. The first-order valence-corrected chi connectivity index (χ1v) is 40.8. The minimum atomic E-state index is -0.819. The van der Waals surface area contributed by atoms with Gasteiger partial charge in [-0.2, -0.15) is 9.97 Å². The van der Waals surface area contributed by atoms with Crippen molar-refractivity contribution in [3.8, 4) is 0 Å². The second-order valence-corrected chi connectivity index (χ2v) is 30.7. The van der Waals surface area contributed by atoms with Crippen LogP contribution < -0.4 is 32.3 Å². The molecular formula is C77H119Cl3N28O14. The van der Waals surface area contributed by atoms with Crippen LogP contribution in [0.5, 0.6) is 0 Å².